The van der Waals surface area contributed by atoms with Crippen molar-refractivity contribution >= 4 is 38.7 Å². The van der Waals surface area contributed by atoms with Crippen LogP contribution in [0.2, 0.25) is 0 Å². The summed E-state index contributed by atoms with van der Waals surface area (Å²) in [7, 11) is -3.70. The molecular weight excluding hydrogens is 360 g/mol. The molecule has 1 amide bonds. The lowest BCUT2D eigenvalue weighted by atomic mass is 10.2. The number of aromatic amines is 1. The summed E-state index contributed by atoms with van der Waals surface area (Å²) in [6, 6.07) is 13.7. The van der Waals surface area contributed by atoms with Gasteiger partial charge in [0.05, 0.1) is 21.7 Å². The van der Waals surface area contributed by atoms with E-state index in [0.717, 1.165) is 16.6 Å². The van der Waals surface area contributed by atoms with E-state index in [4.69, 9.17) is 5.14 Å². The van der Waals surface area contributed by atoms with E-state index in [1.54, 1.807) is 12.1 Å². The third-order valence-corrected chi connectivity index (χ3v) is 5.25. The van der Waals surface area contributed by atoms with Crippen molar-refractivity contribution in [3.63, 3.8) is 0 Å². The molecule has 7 nitrogen and oxygen atoms in total. The van der Waals surface area contributed by atoms with Gasteiger partial charge >= 0.3 is 0 Å². The first-order valence-corrected chi connectivity index (χ1v) is 9.91. The molecule has 0 atom stereocenters. The number of H-pyrrole nitrogens is 1. The van der Waals surface area contributed by atoms with Gasteiger partial charge in [0.1, 0.15) is 0 Å². The summed E-state index contributed by atoms with van der Waals surface area (Å²) in [5.74, 6) is 0.0933. The van der Waals surface area contributed by atoms with Crippen molar-refractivity contribution in [1.29, 1.82) is 0 Å². The van der Waals surface area contributed by atoms with Crippen LogP contribution in [-0.4, -0.2) is 30.0 Å². The van der Waals surface area contributed by atoms with Crippen LogP contribution >= 0.6 is 11.8 Å². The van der Waals surface area contributed by atoms with Gasteiger partial charge in [0.15, 0.2) is 5.16 Å². The van der Waals surface area contributed by atoms with Crippen molar-refractivity contribution in [3.05, 3.63) is 54.1 Å². The number of aromatic nitrogens is 2. The number of benzene rings is 2. The fourth-order valence-corrected chi connectivity index (χ4v) is 3.41. The molecule has 0 aliphatic rings. The second-order valence-electron chi connectivity index (χ2n) is 5.31. The zero-order chi connectivity index (χ0) is 17.9. The molecular formula is C16H16N4O3S2. The Balaban J connectivity index is 1.51. The molecule has 2 aromatic carbocycles. The van der Waals surface area contributed by atoms with Crippen molar-refractivity contribution in [3.8, 4) is 0 Å². The molecule has 3 aromatic rings. The maximum atomic E-state index is 11.9. The van der Waals surface area contributed by atoms with Crippen LogP contribution in [0.3, 0.4) is 0 Å². The zero-order valence-electron chi connectivity index (χ0n) is 13.1. The number of sulfonamides is 1. The number of thioether (sulfide) groups is 1. The highest BCUT2D eigenvalue weighted by atomic mass is 32.2. The summed E-state index contributed by atoms with van der Waals surface area (Å²) in [4.78, 5) is 19.5. The van der Waals surface area contributed by atoms with Crippen LogP contribution in [0.1, 0.15) is 5.56 Å². The standard InChI is InChI=1S/C16H16N4O3S2/c17-25(22,23)12-7-5-11(6-8-12)9-18-15(21)10-24-16-19-13-3-1-2-4-14(13)20-16/h1-8H,9-10H2,(H,18,21)(H,19,20)(H2,17,22,23). The number of primary sulfonamides is 1. The van der Waals surface area contributed by atoms with E-state index in [0.29, 0.717) is 11.7 Å². The van der Waals surface area contributed by atoms with Gasteiger partial charge in [-0.15, -0.1) is 0 Å². The summed E-state index contributed by atoms with van der Waals surface area (Å²) in [6.45, 7) is 0.310. The predicted molar refractivity (Wildman–Crippen MR) is 96.5 cm³/mol. The molecule has 0 bridgehead atoms. The molecule has 3 rings (SSSR count). The molecule has 0 saturated heterocycles. The summed E-state index contributed by atoms with van der Waals surface area (Å²) < 4.78 is 22.4. The van der Waals surface area contributed by atoms with Crippen LogP contribution in [0.5, 0.6) is 0 Å². The third-order valence-electron chi connectivity index (χ3n) is 3.45. The van der Waals surface area contributed by atoms with Gasteiger partial charge in [-0.25, -0.2) is 18.5 Å². The first kappa shape index (κ1) is 17.5. The van der Waals surface area contributed by atoms with Crippen LogP contribution in [0, 0.1) is 0 Å². The number of rotatable bonds is 6. The van der Waals surface area contributed by atoms with Crippen molar-refractivity contribution < 1.29 is 13.2 Å². The molecule has 0 spiro atoms. The highest BCUT2D eigenvalue weighted by Gasteiger charge is 2.09. The molecule has 0 radical (unpaired) electrons. The van der Waals surface area contributed by atoms with Crippen LogP contribution in [0.25, 0.3) is 11.0 Å². The molecule has 9 heteroatoms. The van der Waals surface area contributed by atoms with Gasteiger partial charge in [-0.2, -0.15) is 0 Å². The molecule has 0 aliphatic carbocycles. The molecule has 0 unspecified atom stereocenters. The van der Waals surface area contributed by atoms with Crippen molar-refractivity contribution in [2.45, 2.75) is 16.6 Å². The van der Waals surface area contributed by atoms with Crippen molar-refractivity contribution in [1.82, 2.24) is 15.3 Å². The number of hydrogen-bond acceptors (Lipinski definition) is 5. The SMILES string of the molecule is NS(=O)(=O)c1ccc(CNC(=O)CSc2nc3ccccc3[nH]2)cc1. The number of nitrogens with zero attached hydrogens (tertiary/aromatic N) is 1. The number of amides is 1. The first-order valence-electron chi connectivity index (χ1n) is 7.38. The molecule has 0 saturated carbocycles. The average Bonchev–Trinajstić information content (AvgIpc) is 3.00. The quantitative estimate of drug-likeness (QED) is 0.565. The molecule has 4 N–H and O–H groups in total. The summed E-state index contributed by atoms with van der Waals surface area (Å²) >= 11 is 1.32. The van der Waals surface area contributed by atoms with Crippen molar-refractivity contribution in [2.24, 2.45) is 5.14 Å². The Bertz CT molecular complexity index is 965. The van der Waals surface area contributed by atoms with Crippen molar-refractivity contribution in [2.75, 3.05) is 5.75 Å². The van der Waals surface area contributed by atoms with E-state index < -0.39 is 10.0 Å². The molecule has 0 aliphatic heterocycles. The Morgan fingerprint density at radius 1 is 1.16 bits per heavy atom. The topological polar surface area (TPSA) is 118 Å². The van der Waals surface area contributed by atoms with Crippen LogP contribution in [0.15, 0.2) is 58.6 Å². The maximum absolute atomic E-state index is 11.9. The molecule has 130 valence electrons. The van der Waals surface area contributed by atoms with E-state index in [9.17, 15) is 13.2 Å². The van der Waals surface area contributed by atoms with Crippen LogP contribution in [0.4, 0.5) is 0 Å². The fourth-order valence-electron chi connectivity index (χ4n) is 2.18. The minimum absolute atomic E-state index is 0.0445. The Kier molecular flexibility index (Phi) is 5.07. The summed E-state index contributed by atoms with van der Waals surface area (Å²) in [5.41, 5.74) is 2.58. The molecule has 1 heterocycles. The molecule has 0 fully saturated rings. The van der Waals surface area contributed by atoms with Gasteiger partial charge in [0.25, 0.3) is 0 Å². The smallest absolute Gasteiger partial charge is 0.238 e. The highest BCUT2D eigenvalue weighted by molar-refractivity contribution is 7.99. The number of nitrogens with two attached hydrogens (primary N) is 1. The second kappa shape index (κ2) is 7.26. The number of carbonyl (C=O) groups is 1. The Morgan fingerprint density at radius 2 is 1.88 bits per heavy atom. The second-order valence-corrected chi connectivity index (χ2v) is 7.84. The average molecular weight is 376 g/mol. The maximum Gasteiger partial charge on any atom is 0.238 e. The number of para-hydroxylation sites is 2. The number of nitrogens with one attached hydrogen (secondary N) is 2. The number of imidazole rings is 1. The highest BCUT2D eigenvalue weighted by Crippen LogP contribution is 2.18. The Labute approximate surface area is 149 Å². The zero-order valence-corrected chi connectivity index (χ0v) is 14.7. The number of hydrogen-bond donors (Lipinski definition) is 3. The third kappa shape index (κ3) is 4.59. The van der Waals surface area contributed by atoms with E-state index >= 15 is 0 Å². The minimum atomic E-state index is -3.70. The number of carbonyl (C=O) groups excluding carboxylic acids is 1. The largest absolute Gasteiger partial charge is 0.351 e. The number of fused-ring (bicyclic) bond motifs is 1. The Hall–Kier alpha value is -2.36. The van der Waals surface area contributed by atoms with Gasteiger partial charge in [0.2, 0.25) is 15.9 Å². The van der Waals surface area contributed by atoms with Gasteiger partial charge in [-0.3, -0.25) is 4.79 Å². The van der Waals surface area contributed by atoms with Crippen LogP contribution in [-0.2, 0) is 21.4 Å². The molecule has 25 heavy (non-hydrogen) atoms. The Morgan fingerprint density at radius 3 is 2.56 bits per heavy atom. The van der Waals surface area contributed by atoms with Gasteiger partial charge in [0, 0.05) is 6.54 Å². The van der Waals surface area contributed by atoms with Crippen LogP contribution < -0.4 is 10.5 Å². The monoisotopic (exact) mass is 376 g/mol. The minimum Gasteiger partial charge on any atom is -0.351 e. The van der Waals surface area contributed by atoms with Gasteiger partial charge < -0.3 is 10.3 Å². The lowest BCUT2D eigenvalue weighted by Gasteiger charge is -2.05. The first-order chi connectivity index (χ1) is 11.9. The van der Waals surface area contributed by atoms with Gasteiger partial charge in [-0.05, 0) is 29.8 Å². The van der Waals surface area contributed by atoms with E-state index in [1.165, 1.54) is 23.9 Å². The predicted octanol–water partition coefficient (Wildman–Crippen LogP) is 1.62. The summed E-state index contributed by atoms with van der Waals surface area (Å²) in [6.07, 6.45) is 0. The van der Waals surface area contributed by atoms with Gasteiger partial charge in [-0.1, -0.05) is 36.0 Å². The van der Waals surface area contributed by atoms with E-state index in [-0.39, 0.29) is 16.6 Å². The fraction of sp³-hybridized carbons (Fsp3) is 0.125. The van der Waals surface area contributed by atoms with E-state index in [1.807, 2.05) is 24.3 Å². The molecule has 1 aromatic heterocycles. The normalized spacial score (nSPS) is 11.6. The lowest BCUT2D eigenvalue weighted by molar-refractivity contribution is -0.118. The van der Waals surface area contributed by atoms with E-state index in [2.05, 4.69) is 15.3 Å². The summed E-state index contributed by atoms with van der Waals surface area (Å²) in [5, 5.41) is 8.51. The lowest BCUT2D eigenvalue weighted by Crippen LogP contribution is -2.24.